The Balaban J connectivity index is 2.02. The molecule has 4 heteroatoms. The van der Waals surface area contributed by atoms with E-state index in [1.165, 1.54) is 0 Å². The van der Waals surface area contributed by atoms with Crippen molar-refractivity contribution in [2.75, 3.05) is 13.2 Å². The van der Waals surface area contributed by atoms with Crippen LogP contribution in [0, 0.1) is 0 Å². The molecule has 110 valence electrons. The molecule has 0 radical (unpaired) electrons. The molecule has 1 aliphatic rings. The Bertz CT molecular complexity index is 579. The van der Waals surface area contributed by atoms with Gasteiger partial charge in [0.2, 0.25) is 0 Å². The summed E-state index contributed by atoms with van der Waals surface area (Å²) in [7, 11) is 0. The lowest BCUT2D eigenvalue weighted by molar-refractivity contribution is -0.0187. The molecular formula is C17H18ClNO2. The fraction of sp³-hybridized carbons (Fsp3) is 0.353. The molecular weight excluding hydrogens is 286 g/mol. The summed E-state index contributed by atoms with van der Waals surface area (Å²) in [5, 5.41) is 11.7. The third-order valence-electron chi connectivity index (χ3n) is 4.30. The first-order chi connectivity index (χ1) is 10.2. The first-order valence-corrected chi connectivity index (χ1v) is 7.53. The molecule has 1 atom stereocenters. The minimum absolute atomic E-state index is 0.364. The lowest BCUT2D eigenvalue weighted by atomic mass is 9.69. The van der Waals surface area contributed by atoms with Crippen LogP contribution in [0.1, 0.15) is 30.2 Å². The summed E-state index contributed by atoms with van der Waals surface area (Å²) in [5.74, 6) is 0. The number of benzene rings is 1. The average Bonchev–Trinajstić information content (AvgIpc) is 2.56. The van der Waals surface area contributed by atoms with Gasteiger partial charge in [-0.2, -0.15) is 0 Å². The number of hydrogen-bond donors (Lipinski definition) is 1. The highest BCUT2D eigenvalue weighted by molar-refractivity contribution is 6.30. The Morgan fingerprint density at radius 1 is 1.10 bits per heavy atom. The number of aliphatic hydroxyl groups excluding tert-OH is 1. The van der Waals surface area contributed by atoms with Gasteiger partial charge in [0, 0.05) is 29.8 Å². The molecule has 3 rings (SSSR count). The SMILES string of the molecule is OC(c1ccccn1)C1(c2ccc(Cl)cc2)CCOCC1. The van der Waals surface area contributed by atoms with Gasteiger partial charge in [0.25, 0.3) is 0 Å². The van der Waals surface area contributed by atoms with Crippen LogP contribution in [0.3, 0.4) is 0 Å². The summed E-state index contributed by atoms with van der Waals surface area (Å²) in [6, 6.07) is 13.4. The Morgan fingerprint density at radius 2 is 1.81 bits per heavy atom. The number of aromatic nitrogens is 1. The van der Waals surface area contributed by atoms with Gasteiger partial charge in [0.1, 0.15) is 6.10 Å². The molecule has 1 saturated heterocycles. The molecule has 0 saturated carbocycles. The highest BCUT2D eigenvalue weighted by Crippen LogP contribution is 2.44. The fourth-order valence-corrected chi connectivity index (χ4v) is 3.18. The zero-order chi connectivity index (χ0) is 14.7. The molecule has 2 aromatic rings. The number of hydrogen-bond acceptors (Lipinski definition) is 3. The van der Waals surface area contributed by atoms with Crippen LogP contribution in [0.15, 0.2) is 48.7 Å². The molecule has 1 fully saturated rings. The van der Waals surface area contributed by atoms with Crippen molar-refractivity contribution in [2.24, 2.45) is 0 Å². The van der Waals surface area contributed by atoms with Crippen LogP contribution in [-0.2, 0) is 10.2 Å². The van der Waals surface area contributed by atoms with Gasteiger partial charge < -0.3 is 9.84 Å². The number of rotatable bonds is 3. The van der Waals surface area contributed by atoms with Crippen LogP contribution in [0.25, 0.3) is 0 Å². The third-order valence-corrected chi connectivity index (χ3v) is 4.55. The van der Waals surface area contributed by atoms with Gasteiger partial charge in [-0.1, -0.05) is 29.8 Å². The van der Waals surface area contributed by atoms with Crippen molar-refractivity contribution in [1.82, 2.24) is 4.98 Å². The van der Waals surface area contributed by atoms with E-state index in [0.717, 1.165) is 18.4 Å². The van der Waals surface area contributed by atoms with E-state index in [4.69, 9.17) is 16.3 Å². The number of halogens is 1. The Morgan fingerprint density at radius 3 is 2.43 bits per heavy atom. The average molecular weight is 304 g/mol. The number of aliphatic hydroxyl groups is 1. The lowest BCUT2D eigenvalue weighted by Crippen LogP contribution is -2.40. The summed E-state index contributed by atoms with van der Waals surface area (Å²) in [4.78, 5) is 4.33. The van der Waals surface area contributed by atoms with Gasteiger partial charge in [-0.15, -0.1) is 0 Å². The summed E-state index contributed by atoms with van der Waals surface area (Å²) >= 11 is 5.99. The van der Waals surface area contributed by atoms with E-state index in [1.54, 1.807) is 6.20 Å². The second kappa shape index (κ2) is 6.14. The molecule has 0 bridgehead atoms. The van der Waals surface area contributed by atoms with E-state index in [9.17, 15) is 5.11 Å². The maximum absolute atomic E-state index is 11.0. The minimum Gasteiger partial charge on any atom is -0.386 e. The van der Waals surface area contributed by atoms with Gasteiger partial charge >= 0.3 is 0 Å². The molecule has 1 aliphatic heterocycles. The molecule has 0 amide bonds. The number of pyridine rings is 1. The molecule has 3 nitrogen and oxygen atoms in total. The largest absolute Gasteiger partial charge is 0.386 e. The molecule has 1 N–H and O–H groups in total. The first kappa shape index (κ1) is 14.5. The highest BCUT2D eigenvalue weighted by Gasteiger charge is 2.42. The summed E-state index contributed by atoms with van der Waals surface area (Å²) in [6.07, 6.45) is 2.61. The van der Waals surface area contributed by atoms with Gasteiger partial charge in [0.05, 0.1) is 5.69 Å². The second-order valence-corrected chi connectivity index (χ2v) is 5.87. The summed E-state index contributed by atoms with van der Waals surface area (Å²) < 4.78 is 5.50. The second-order valence-electron chi connectivity index (χ2n) is 5.43. The fourth-order valence-electron chi connectivity index (χ4n) is 3.06. The van der Waals surface area contributed by atoms with Crippen LogP contribution in [-0.4, -0.2) is 23.3 Å². The van der Waals surface area contributed by atoms with Crippen LogP contribution in [0.4, 0.5) is 0 Å². The Hall–Kier alpha value is -1.42. The van der Waals surface area contributed by atoms with Crippen molar-refractivity contribution in [3.63, 3.8) is 0 Å². The van der Waals surface area contributed by atoms with Crippen molar-refractivity contribution in [2.45, 2.75) is 24.4 Å². The minimum atomic E-state index is -0.649. The lowest BCUT2D eigenvalue weighted by Gasteiger charge is -2.41. The van der Waals surface area contributed by atoms with E-state index in [1.807, 2.05) is 42.5 Å². The van der Waals surface area contributed by atoms with Crippen molar-refractivity contribution < 1.29 is 9.84 Å². The molecule has 0 spiro atoms. The van der Waals surface area contributed by atoms with E-state index in [2.05, 4.69) is 4.98 Å². The van der Waals surface area contributed by atoms with Crippen molar-refractivity contribution in [1.29, 1.82) is 0 Å². The van der Waals surface area contributed by atoms with E-state index in [0.29, 0.717) is 23.9 Å². The van der Waals surface area contributed by atoms with Crippen molar-refractivity contribution in [3.8, 4) is 0 Å². The topological polar surface area (TPSA) is 42.4 Å². The van der Waals surface area contributed by atoms with Gasteiger partial charge in [-0.25, -0.2) is 0 Å². The maximum Gasteiger partial charge on any atom is 0.106 e. The van der Waals surface area contributed by atoms with Crippen LogP contribution >= 0.6 is 11.6 Å². The van der Waals surface area contributed by atoms with Crippen LogP contribution in [0.5, 0.6) is 0 Å². The first-order valence-electron chi connectivity index (χ1n) is 7.15. The van der Waals surface area contributed by atoms with Gasteiger partial charge in [0.15, 0.2) is 0 Å². The zero-order valence-electron chi connectivity index (χ0n) is 11.7. The van der Waals surface area contributed by atoms with E-state index in [-0.39, 0.29) is 5.41 Å². The Labute approximate surface area is 129 Å². The molecule has 0 aliphatic carbocycles. The molecule has 1 unspecified atom stereocenters. The predicted molar refractivity (Wildman–Crippen MR) is 82.4 cm³/mol. The standard InChI is InChI=1S/C17H18ClNO2/c18-14-6-4-13(5-7-14)17(8-11-21-12-9-17)16(20)15-3-1-2-10-19-15/h1-7,10,16,20H,8-9,11-12H2. The Kier molecular flexibility index (Phi) is 4.24. The number of nitrogens with zero attached hydrogens (tertiary/aromatic N) is 1. The smallest absolute Gasteiger partial charge is 0.106 e. The predicted octanol–water partition coefficient (Wildman–Crippen LogP) is 3.52. The molecule has 1 aromatic heterocycles. The van der Waals surface area contributed by atoms with E-state index < -0.39 is 6.10 Å². The maximum atomic E-state index is 11.0. The van der Waals surface area contributed by atoms with E-state index >= 15 is 0 Å². The highest BCUT2D eigenvalue weighted by atomic mass is 35.5. The normalized spacial score (nSPS) is 19.1. The number of ether oxygens (including phenoxy) is 1. The monoisotopic (exact) mass is 303 g/mol. The third kappa shape index (κ3) is 2.82. The van der Waals surface area contributed by atoms with Gasteiger partial charge in [-0.3, -0.25) is 4.98 Å². The van der Waals surface area contributed by atoms with Crippen LogP contribution < -0.4 is 0 Å². The quantitative estimate of drug-likeness (QED) is 0.943. The molecule has 2 heterocycles. The van der Waals surface area contributed by atoms with Crippen molar-refractivity contribution in [3.05, 3.63) is 64.9 Å². The molecule has 1 aromatic carbocycles. The summed E-state index contributed by atoms with van der Waals surface area (Å²) in [6.45, 7) is 1.29. The zero-order valence-corrected chi connectivity index (χ0v) is 12.5. The summed E-state index contributed by atoms with van der Waals surface area (Å²) in [5.41, 5.74) is 1.43. The van der Waals surface area contributed by atoms with Crippen LogP contribution in [0.2, 0.25) is 5.02 Å². The molecule has 21 heavy (non-hydrogen) atoms. The van der Waals surface area contributed by atoms with Crippen molar-refractivity contribution >= 4 is 11.6 Å². The van der Waals surface area contributed by atoms with Gasteiger partial charge in [-0.05, 0) is 42.7 Å².